The Balaban J connectivity index is 2.04. The molecule has 3 unspecified atom stereocenters. The molecule has 0 aromatic carbocycles. The first-order chi connectivity index (χ1) is 7.59. The Kier molecular flexibility index (Phi) is 3.14. The molecule has 0 aromatic rings. The van der Waals surface area contributed by atoms with Gasteiger partial charge < -0.3 is 16.4 Å². The molecule has 5 nitrogen and oxygen atoms in total. The van der Waals surface area contributed by atoms with E-state index in [0.717, 1.165) is 25.7 Å². The second kappa shape index (κ2) is 4.41. The molecule has 0 radical (unpaired) electrons. The van der Waals surface area contributed by atoms with E-state index in [1.807, 2.05) is 0 Å². The van der Waals surface area contributed by atoms with Crippen LogP contribution in [0.25, 0.3) is 0 Å². The van der Waals surface area contributed by atoms with Gasteiger partial charge in [0, 0.05) is 25.0 Å². The quantitative estimate of drug-likeness (QED) is 0.669. The molecule has 2 rings (SSSR count). The molecule has 0 aromatic heterocycles. The van der Waals surface area contributed by atoms with Gasteiger partial charge in [-0.3, -0.25) is 9.59 Å². The summed E-state index contributed by atoms with van der Waals surface area (Å²) in [6, 6.07) is 0.176. The summed E-state index contributed by atoms with van der Waals surface area (Å²) >= 11 is 0. The largest absolute Gasteiger partial charge is 0.369 e. The average molecular weight is 225 g/mol. The van der Waals surface area contributed by atoms with Crippen LogP contribution in [0.2, 0.25) is 0 Å². The van der Waals surface area contributed by atoms with Crippen molar-refractivity contribution in [3.63, 3.8) is 0 Å². The molecule has 90 valence electrons. The smallest absolute Gasteiger partial charge is 0.223 e. The van der Waals surface area contributed by atoms with E-state index in [-0.39, 0.29) is 36.2 Å². The fourth-order valence-electron chi connectivity index (χ4n) is 2.77. The van der Waals surface area contributed by atoms with Crippen LogP contribution in [0, 0.1) is 5.92 Å². The minimum atomic E-state index is -0.375. The third-order valence-corrected chi connectivity index (χ3v) is 3.74. The van der Waals surface area contributed by atoms with Crippen molar-refractivity contribution in [2.45, 2.75) is 44.2 Å². The number of hydrogen-bond donors (Lipinski definition) is 2. The summed E-state index contributed by atoms with van der Waals surface area (Å²) < 4.78 is 0. The van der Waals surface area contributed by atoms with Crippen molar-refractivity contribution in [2.75, 3.05) is 6.54 Å². The summed E-state index contributed by atoms with van der Waals surface area (Å²) in [5.41, 5.74) is 11.3. The molecule has 5 heteroatoms. The average Bonchev–Trinajstić information content (AvgIpc) is 2.61. The van der Waals surface area contributed by atoms with Crippen molar-refractivity contribution in [1.82, 2.24) is 4.90 Å². The molecule has 1 aliphatic carbocycles. The molecule has 0 spiro atoms. The maximum Gasteiger partial charge on any atom is 0.223 e. The van der Waals surface area contributed by atoms with Gasteiger partial charge in [-0.1, -0.05) is 12.8 Å². The summed E-state index contributed by atoms with van der Waals surface area (Å²) in [6.07, 6.45) is 4.44. The molecular weight excluding hydrogens is 206 g/mol. The number of primary amides is 1. The van der Waals surface area contributed by atoms with Crippen molar-refractivity contribution in [3.05, 3.63) is 0 Å². The van der Waals surface area contributed by atoms with E-state index in [4.69, 9.17) is 11.5 Å². The molecule has 2 aliphatic rings. The monoisotopic (exact) mass is 225 g/mol. The van der Waals surface area contributed by atoms with E-state index in [9.17, 15) is 9.59 Å². The van der Waals surface area contributed by atoms with Crippen LogP contribution in [0.3, 0.4) is 0 Å². The number of likely N-dealkylation sites (tertiary alicyclic amines) is 1. The molecular formula is C11H19N3O2. The van der Waals surface area contributed by atoms with Gasteiger partial charge in [0.1, 0.15) is 0 Å². The van der Waals surface area contributed by atoms with Gasteiger partial charge in [0.15, 0.2) is 0 Å². The van der Waals surface area contributed by atoms with E-state index in [1.54, 1.807) is 4.90 Å². The van der Waals surface area contributed by atoms with Crippen molar-refractivity contribution >= 4 is 11.8 Å². The Morgan fingerprint density at radius 3 is 2.56 bits per heavy atom. The fraction of sp³-hybridized carbons (Fsp3) is 0.818. The van der Waals surface area contributed by atoms with Crippen LogP contribution in [0.1, 0.15) is 32.1 Å². The normalized spacial score (nSPS) is 35.4. The van der Waals surface area contributed by atoms with Gasteiger partial charge in [0.2, 0.25) is 11.8 Å². The van der Waals surface area contributed by atoms with Crippen molar-refractivity contribution < 1.29 is 9.59 Å². The van der Waals surface area contributed by atoms with Crippen molar-refractivity contribution in [1.29, 1.82) is 0 Å². The molecule has 1 saturated heterocycles. The molecule has 4 N–H and O–H groups in total. The van der Waals surface area contributed by atoms with Gasteiger partial charge >= 0.3 is 0 Å². The Bertz CT molecular complexity index is 306. The number of carbonyl (C=O) groups is 2. The van der Waals surface area contributed by atoms with Crippen LogP contribution in [-0.4, -0.2) is 35.3 Å². The SMILES string of the molecule is NC(=O)C1CC(=O)N(C2CCCCC2N)C1. The minimum Gasteiger partial charge on any atom is -0.369 e. The van der Waals surface area contributed by atoms with Crippen LogP contribution in [0.15, 0.2) is 0 Å². The van der Waals surface area contributed by atoms with Gasteiger partial charge in [0.25, 0.3) is 0 Å². The zero-order chi connectivity index (χ0) is 11.7. The Hall–Kier alpha value is -1.10. The highest BCUT2D eigenvalue weighted by atomic mass is 16.2. The summed E-state index contributed by atoms with van der Waals surface area (Å²) in [5, 5.41) is 0. The molecule has 3 atom stereocenters. The van der Waals surface area contributed by atoms with E-state index in [0.29, 0.717) is 6.54 Å². The highest BCUT2D eigenvalue weighted by Crippen LogP contribution is 2.27. The number of nitrogens with two attached hydrogens (primary N) is 2. The highest BCUT2D eigenvalue weighted by Gasteiger charge is 2.39. The Labute approximate surface area is 95.1 Å². The number of carbonyl (C=O) groups excluding carboxylic acids is 2. The lowest BCUT2D eigenvalue weighted by Crippen LogP contribution is -2.50. The van der Waals surface area contributed by atoms with Crippen molar-refractivity contribution in [2.24, 2.45) is 17.4 Å². The van der Waals surface area contributed by atoms with Crippen molar-refractivity contribution in [3.8, 4) is 0 Å². The van der Waals surface area contributed by atoms with Gasteiger partial charge in [-0.2, -0.15) is 0 Å². The Morgan fingerprint density at radius 1 is 1.31 bits per heavy atom. The lowest BCUT2D eigenvalue weighted by Gasteiger charge is -2.36. The number of nitrogens with zero attached hydrogens (tertiary/aromatic N) is 1. The van der Waals surface area contributed by atoms with Crippen LogP contribution in [0.4, 0.5) is 0 Å². The predicted octanol–water partition coefficient (Wildman–Crippen LogP) is -0.410. The molecule has 1 saturated carbocycles. The zero-order valence-electron chi connectivity index (χ0n) is 9.39. The third kappa shape index (κ3) is 2.04. The van der Waals surface area contributed by atoms with Crippen LogP contribution < -0.4 is 11.5 Å². The first-order valence-electron chi connectivity index (χ1n) is 5.94. The first-order valence-corrected chi connectivity index (χ1v) is 5.94. The van der Waals surface area contributed by atoms with Crippen LogP contribution in [-0.2, 0) is 9.59 Å². The maximum absolute atomic E-state index is 11.8. The van der Waals surface area contributed by atoms with Gasteiger partial charge in [-0.25, -0.2) is 0 Å². The molecule has 2 amide bonds. The maximum atomic E-state index is 11.8. The topological polar surface area (TPSA) is 89.4 Å². The van der Waals surface area contributed by atoms with E-state index in [1.165, 1.54) is 0 Å². The minimum absolute atomic E-state index is 0.0335. The van der Waals surface area contributed by atoms with Gasteiger partial charge in [-0.05, 0) is 12.8 Å². The summed E-state index contributed by atoms with van der Waals surface area (Å²) in [4.78, 5) is 24.6. The second-order valence-corrected chi connectivity index (χ2v) is 4.87. The number of hydrogen-bond acceptors (Lipinski definition) is 3. The summed E-state index contributed by atoms with van der Waals surface area (Å²) in [6.45, 7) is 0.465. The van der Waals surface area contributed by atoms with Crippen LogP contribution >= 0.6 is 0 Å². The van der Waals surface area contributed by atoms with Gasteiger partial charge in [-0.15, -0.1) is 0 Å². The molecule has 1 heterocycles. The molecule has 2 fully saturated rings. The molecule has 16 heavy (non-hydrogen) atoms. The standard InChI is InChI=1S/C11H19N3O2/c12-8-3-1-2-4-9(8)14-6-7(11(13)16)5-10(14)15/h7-9H,1-6,12H2,(H2,13,16). The Morgan fingerprint density at radius 2 is 2.00 bits per heavy atom. The third-order valence-electron chi connectivity index (χ3n) is 3.74. The molecule has 0 bridgehead atoms. The fourth-order valence-corrected chi connectivity index (χ4v) is 2.77. The van der Waals surface area contributed by atoms with E-state index < -0.39 is 0 Å². The predicted molar refractivity (Wildman–Crippen MR) is 59.2 cm³/mol. The second-order valence-electron chi connectivity index (χ2n) is 4.87. The van der Waals surface area contributed by atoms with E-state index in [2.05, 4.69) is 0 Å². The van der Waals surface area contributed by atoms with E-state index >= 15 is 0 Å². The summed E-state index contributed by atoms with van der Waals surface area (Å²) in [7, 11) is 0. The van der Waals surface area contributed by atoms with Gasteiger partial charge in [0.05, 0.1) is 5.92 Å². The number of rotatable bonds is 2. The summed E-state index contributed by atoms with van der Waals surface area (Å²) in [5.74, 6) is -0.659. The lowest BCUT2D eigenvalue weighted by molar-refractivity contribution is -0.130. The highest BCUT2D eigenvalue weighted by molar-refractivity contribution is 5.88. The zero-order valence-corrected chi connectivity index (χ0v) is 9.39. The first kappa shape index (κ1) is 11.4. The van der Waals surface area contributed by atoms with Crippen LogP contribution in [0.5, 0.6) is 0 Å². The molecule has 1 aliphatic heterocycles. The number of amides is 2. The lowest BCUT2D eigenvalue weighted by atomic mass is 9.90.